The summed E-state index contributed by atoms with van der Waals surface area (Å²) in [5.41, 5.74) is 0. The molecule has 1 aromatic heterocycles. The van der Waals surface area contributed by atoms with Gasteiger partial charge in [0, 0.05) is 24.1 Å². The lowest BCUT2D eigenvalue weighted by molar-refractivity contribution is 0.0414. The Kier molecular flexibility index (Phi) is 5.92. The fourth-order valence-corrected chi connectivity index (χ4v) is 3.03. The van der Waals surface area contributed by atoms with Crippen molar-refractivity contribution in [1.82, 2.24) is 5.32 Å². The number of rotatable bonds is 7. The van der Waals surface area contributed by atoms with E-state index in [2.05, 4.69) is 18.3 Å². The first-order valence-corrected chi connectivity index (χ1v) is 7.63. The zero-order chi connectivity index (χ0) is 12.8. The molecule has 1 aromatic rings. The van der Waals surface area contributed by atoms with Gasteiger partial charge in [-0.2, -0.15) is 0 Å². The molecule has 0 spiro atoms. The molecule has 0 bridgehead atoms. The standard InChI is InChI=1S/C13H20ClNO2S/c1-10(12-3-4-13(14)18-12)15-6-2-7-17-11-5-8-16-9-11/h3-4,10-11,15H,2,5-9H2,1H3. The van der Waals surface area contributed by atoms with Crippen LogP contribution in [-0.4, -0.2) is 32.5 Å². The van der Waals surface area contributed by atoms with Crippen molar-refractivity contribution in [1.29, 1.82) is 0 Å². The van der Waals surface area contributed by atoms with Crippen LogP contribution in [0.4, 0.5) is 0 Å². The molecule has 0 amide bonds. The van der Waals surface area contributed by atoms with E-state index < -0.39 is 0 Å². The molecule has 0 saturated carbocycles. The van der Waals surface area contributed by atoms with Crippen molar-refractivity contribution in [2.45, 2.75) is 31.9 Å². The van der Waals surface area contributed by atoms with Crippen LogP contribution in [0, 0.1) is 0 Å². The molecular formula is C13H20ClNO2S. The van der Waals surface area contributed by atoms with Crippen LogP contribution in [-0.2, 0) is 9.47 Å². The molecule has 0 aromatic carbocycles. The van der Waals surface area contributed by atoms with Gasteiger partial charge in [-0.05, 0) is 38.4 Å². The topological polar surface area (TPSA) is 30.5 Å². The van der Waals surface area contributed by atoms with E-state index in [4.69, 9.17) is 21.1 Å². The Morgan fingerprint density at radius 2 is 2.50 bits per heavy atom. The van der Waals surface area contributed by atoms with E-state index in [1.54, 1.807) is 11.3 Å². The second-order valence-corrected chi connectivity index (χ2v) is 6.27. The zero-order valence-electron chi connectivity index (χ0n) is 10.7. The van der Waals surface area contributed by atoms with Gasteiger partial charge in [-0.3, -0.25) is 0 Å². The molecule has 1 aliphatic rings. The number of thiophene rings is 1. The van der Waals surface area contributed by atoms with Crippen molar-refractivity contribution in [3.8, 4) is 0 Å². The lowest BCUT2D eigenvalue weighted by Crippen LogP contribution is -2.21. The Labute approximate surface area is 117 Å². The highest BCUT2D eigenvalue weighted by Crippen LogP contribution is 2.26. The van der Waals surface area contributed by atoms with Gasteiger partial charge in [0.25, 0.3) is 0 Å². The monoisotopic (exact) mass is 289 g/mol. The summed E-state index contributed by atoms with van der Waals surface area (Å²) in [6, 6.07) is 4.39. The SMILES string of the molecule is CC(NCCCOC1CCOC1)c1ccc(Cl)s1. The summed E-state index contributed by atoms with van der Waals surface area (Å²) >= 11 is 7.56. The minimum absolute atomic E-state index is 0.318. The van der Waals surface area contributed by atoms with Crippen LogP contribution in [0.2, 0.25) is 4.34 Å². The lowest BCUT2D eigenvalue weighted by Gasteiger charge is -2.13. The number of hydrogen-bond acceptors (Lipinski definition) is 4. The summed E-state index contributed by atoms with van der Waals surface area (Å²) in [4.78, 5) is 1.28. The van der Waals surface area contributed by atoms with Crippen molar-refractivity contribution < 1.29 is 9.47 Å². The molecule has 0 radical (unpaired) electrons. The quantitative estimate of drug-likeness (QED) is 0.782. The second kappa shape index (κ2) is 7.46. The van der Waals surface area contributed by atoms with Crippen LogP contribution in [0.25, 0.3) is 0 Å². The van der Waals surface area contributed by atoms with Gasteiger partial charge in [0.2, 0.25) is 0 Å². The van der Waals surface area contributed by atoms with E-state index >= 15 is 0 Å². The van der Waals surface area contributed by atoms with E-state index in [0.29, 0.717) is 12.1 Å². The van der Waals surface area contributed by atoms with Gasteiger partial charge in [-0.25, -0.2) is 0 Å². The Hall–Kier alpha value is -0.130. The number of ether oxygens (including phenoxy) is 2. The molecule has 102 valence electrons. The van der Waals surface area contributed by atoms with Crippen LogP contribution in [0.3, 0.4) is 0 Å². The summed E-state index contributed by atoms with van der Waals surface area (Å²) in [7, 11) is 0. The molecule has 2 atom stereocenters. The van der Waals surface area contributed by atoms with Gasteiger partial charge in [0.15, 0.2) is 0 Å². The van der Waals surface area contributed by atoms with Gasteiger partial charge in [0.1, 0.15) is 0 Å². The van der Waals surface area contributed by atoms with Crippen LogP contribution in [0.1, 0.15) is 30.7 Å². The largest absolute Gasteiger partial charge is 0.379 e. The molecule has 2 unspecified atom stereocenters. The van der Waals surface area contributed by atoms with Gasteiger partial charge >= 0.3 is 0 Å². The van der Waals surface area contributed by atoms with Gasteiger partial charge in [-0.15, -0.1) is 11.3 Å². The molecule has 1 aliphatic heterocycles. The molecule has 2 heterocycles. The third-order valence-electron chi connectivity index (χ3n) is 3.03. The maximum absolute atomic E-state index is 5.92. The lowest BCUT2D eigenvalue weighted by atomic mass is 10.2. The summed E-state index contributed by atoms with van der Waals surface area (Å²) in [6.45, 7) is 5.54. The molecule has 1 saturated heterocycles. The molecule has 0 aliphatic carbocycles. The molecule has 1 N–H and O–H groups in total. The fraction of sp³-hybridized carbons (Fsp3) is 0.692. The highest BCUT2D eigenvalue weighted by Gasteiger charge is 2.15. The first-order chi connectivity index (χ1) is 8.75. The van der Waals surface area contributed by atoms with E-state index in [1.165, 1.54) is 4.88 Å². The van der Waals surface area contributed by atoms with Crippen LogP contribution < -0.4 is 5.32 Å². The van der Waals surface area contributed by atoms with Crippen LogP contribution in [0.5, 0.6) is 0 Å². The van der Waals surface area contributed by atoms with Gasteiger partial charge in [-0.1, -0.05) is 11.6 Å². The van der Waals surface area contributed by atoms with Crippen molar-refractivity contribution >= 4 is 22.9 Å². The van der Waals surface area contributed by atoms with Crippen LogP contribution in [0.15, 0.2) is 12.1 Å². The summed E-state index contributed by atoms with van der Waals surface area (Å²) in [5.74, 6) is 0. The Balaban J connectivity index is 1.54. The normalized spacial score (nSPS) is 21.3. The Morgan fingerprint density at radius 1 is 1.61 bits per heavy atom. The van der Waals surface area contributed by atoms with E-state index in [1.807, 2.05) is 6.07 Å². The summed E-state index contributed by atoms with van der Waals surface area (Å²) in [5, 5.41) is 3.48. The second-order valence-electron chi connectivity index (χ2n) is 4.53. The van der Waals surface area contributed by atoms with E-state index in [9.17, 15) is 0 Å². The highest BCUT2D eigenvalue weighted by molar-refractivity contribution is 7.16. The number of halogens is 1. The van der Waals surface area contributed by atoms with Crippen LogP contribution >= 0.6 is 22.9 Å². The third kappa shape index (κ3) is 4.52. The maximum atomic E-state index is 5.92. The maximum Gasteiger partial charge on any atom is 0.0931 e. The van der Waals surface area contributed by atoms with Gasteiger partial charge < -0.3 is 14.8 Å². The molecule has 2 rings (SSSR count). The minimum atomic E-state index is 0.318. The fourth-order valence-electron chi connectivity index (χ4n) is 1.95. The first kappa shape index (κ1) is 14.3. The van der Waals surface area contributed by atoms with Crippen molar-refractivity contribution in [3.05, 3.63) is 21.3 Å². The average Bonchev–Trinajstić information content (AvgIpc) is 2.99. The minimum Gasteiger partial charge on any atom is -0.379 e. The van der Waals surface area contributed by atoms with Gasteiger partial charge in [0.05, 0.1) is 17.0 Å². The Morgan fingerprint density at radius 3 is 3.17 bits per heavy atom. The highest BCUT2D eigenvalue weighted by atomic mass is 35.5. The number of nitrogens with one attached hydrogen (secondary N) is 1. The Bertz CT molecular complexity index is 353. The summed E-state index contributed by atoms with van der Waals surface area (Å²) < 4.78 is 11.8. The van der Waals surface area contributed by atoms with Crippen molar-refractivity contribution in [2.24, 2.45) is 0 Å². The molecule has 3 nitrogen and oxygen atoms in total. The van der Waals surface area contributed by atoms with E-state index in [-0.39, 0.29) is 0 Å². The molecule has 18 heavy (non-hydrogen) atoms. The predicted molar refractivity (Wildman–Crippen MR) is 75.5 cm³/mol. The van der Waals surface area contributed by atoms with E-state index in [0.717, 1.165) is 43.5 Å². The van der Waals surface area contributed by atoms with Crippen molar-refractivity contribution in [3.63, 3.8) is 0 Å². The molecule has 1 fully saturated rings. The summed E-state index contributed by atoms with van der Waals surface area (Å²) in [6.07, 6.45) is 2.39. The smallest absolute Gasteiger partial charge is 0.0931 e. The third-order valence-corrected chi connectivity index (χ3v) is 4.45. The molecular weight excluding hydrogens is 270 g/mol. The average molecular weight is 290 g/mol. The van der Waals surface area contributed by atoms with Crippen molar-refractivity contribution in [2.75, 3.05) is 26.4 Å². The first-order valence-electron chi connectivity index (χ1n) is 6.43. The zero-order valence-corrected chi connectivity index (χ0v) is 12.2. The molecule has 5 heteroatoms. The number of hydrogen-bond donors (Lipinski definition) is 1. The predicted octanol–water partition coefficient (Wildman–Crippen LogP) is 3.25.